The lowest BCUT2D eigenvalue weighted by atomic mass is 10.1. The Kier molecular flexibility index (Phi) is 5.97. The van der Waals surface area contributed by atoms with E-state index < -0.39 is 0 Å². The summed E-state index contributed by atoms with van der Waals surface area (Å²) < 4.78 is 0. The Morgan fingerprint density at radius 2 is 1.96 bits per heavy atom. The molecule has 1 aromatic heterocycles. The summed E-state index contributed by atoms with van der Waals surface area (Å²) in [7, 11) is 0. The quantitative estimate of drug-likeness (QED) is 0.518. The molecule has 0 atom stereocenters. The molecule has 0 saturated heterocycles. The maximum Gasteiger partial charge on any atom is 0.257 e. The molecule has 2 aromatic carbocycles. The van der Waals surface area contributed by atoms with Crippen molar-refractivity contribution in [3.8, 4) is 11.3 Å². The van der Waals surface area contributed by atoms with Crippen molar-refractivity contribution in [1.29, 1.82) is 0 Å². The van der Waals surface area contributed by atoms with Crippen molar-refractivity contribution < 1.29 is 4.79 Å². The number of carbonyl (C=O) groups excluding carboxylic acids is 1. The van der Waals surface area contributed by atoms with E-state index in [9.17, 15) is 4.79 Å². The van der Waals surface area contributed by atoms with Crippen LogP contribution in [0.25, 0.3) is 11.3 Å². The molecule has 1 heterocycles. The van der Waals surface area contributed by atoms with Crippen LogP contribution >= 0.6 is 34.5 Å². The topological polar surface area (TPSA) is 42.0 Å². The number of rotatable bonds is 5. The fourth-order valence-corrected chi connectivity index (χ4v) is 4.26. The van der Waals surface area contributed by atoms with Crippen LogP contribution in [-0.4, -0.2) is 10.9 Å². The Labute approximate surface area is 167 Å². The molecule has 0 fully saturated rings. The van der Waals surface area contributed by atoms with E-state index in [0.29, 0.717) is 20.7 Å². The molecule has 0 aliphatic rings. The van der Waals surface area contributed by atoms with Crippen molar-refractivity contribution in [2.24, 2.45) is 0 Å². The number of anilines is 1. The van der Waals surface area contributed by atoms with E-state index in [-0.39, 0.29) is 5.91 Å². The first-order chi connectivity index (χ1) is 12.5. The van der Waals surface area contributed by atoms with E-state index in [0.717, 1.165) is 34.5 Å². The van der Waals surface area contributed by atoms with E-state index in [1.165, 1.54) is 11.3 Å². The molecule has 0 saturated carbocycles. The van der Waals surface area contributed by atoms with Crippen molar-refractivity contribution in [3.63, 3.8) is 0 Å². The largest absolute Gasteiger partial charge is 0.298 e. The van der Waals surface area contributed by atoms with E-state index >= 15 is 0 Å². The third-order valence-corrected chi connectivity index (χ3v) is 5.55. The summed E-state index contributed by atoms with van der Waals surface area (Å²) in [6.45, 7) is 4.02. The van der Waals surface area contributed by atoms with Gasteiger partial charge in [-0.15, -0.1) is 11.3 Å². The number of hydrogen-bond donors (Lipinski definition) is 1. The Hall–Kier alpha value is -1.88. The summed E-state index contributed by atoms with van der Waals surface area (Å²) in [6.07, 6.45) is 1.85. The summed E-state index contributed by atoms with van der Waals surface area (Å²) in [5, 5.41) is 4.63. The Morgan fingerprint density at radius 3 is 2.65 bits per heavy atom. The molecular weight excluding hydrogens is 387 g/mol. The Balaban J connectivity index is 1.94. The lowest BCUT2D eigenvalue weighted by Gasteiger charge is -2.05. The van der Waals surface area contributed by atoms with Gasteiger partial charge in [0.2, 0.25) is 0 Å². The predicted molar refractivity (Wildman–Crippen MR) is 111 cm³/mol. The third-order valence-electron chi connectivity index (χ3n) is 3.97. The molecule has 1 amide bonds. The van der Waals surface area contributed by atoms with Gasteiger partial charge in [0.25, 0.3) is 5.91 Å². The average Bonchev–Trinajstić information content (AvgIpc) is 2.97. The molecule has 0 unspecified atom stereocenters. The maximum atomic E-state index is 12.6. The lowest BCUT2D eigenvalue weighted by molar-refractivity contribution is 0.102. The summed E-state index contributed by atoms with van der Waals surface area (Å²) in [5.74, 6) is -0.159. The second kappa shape index (κ2) is 8.21. The minimum Gasteiger partial charge on any atom is -0.298 e. The SMILES string of the molecule is CCCc1sc(NC(=O)c2ccccc2C)nc1-c1ccc(Cl)cc1Cl. The smallest absolute Gasteiger partial charge is 0.257 e. The molecule has 134 valence electrons. The minimum absolute atomic E-state index is 0.159. The van der Waals surface area contributed by atoms with Crippen LogP contribution in [0.5, 0.6) is 0 Å². The first-order valence-corrected chi connectivity index (χ1v) is 9.89. The number of aromatic nitrogens is 1. The van der Waals surface area contributed by atoms with Gasteiger partial charge in [-0.2, -0.15) is 0 Å². The van der Waals surface area contributed by atoms with Crippen molar-refractivity contribution in [1.82, 2.24) is 4.98 Å². The van der Waals surface area contributed by atoms with Crippen molar-refractivity contribution >= 4 is 45.6 Å². The van der Waals surface area contributed by atoms with Gasteiger partial charge in [-0.3, -0.25) is 10.1 Å². The van der Waals surface area contributed by atoms with Gasteiger partial charge in [-0.25, -0.2) is 4.98 Å². The predicted octanol–water partition coefficient (Wildman–Crippen LogP) is 6.63. The van der Waals surface area contributed by atoms with E-state index in [4.69, 9.17) is 23.2 Å². The highest BCUT2D eigenvalue weighted by molar-refractivity contribution is 7.16. The minimum atomic E-state index is -0.159. The number of aryl methyl sites for hydroxylation is 2. The normalized spacial score (nSPS) is 10.8. The van der Waals surface area contributed by atoms with Gasteiger partial charge in [0, 0.05) is 21.0 Å². The number of benzene rings is 2. The number of nitrogens with zero attached hydrogens (tertiary/aromatic N) is 1. The molecule has 26 heavy (non-hydrogen) atoms. The molecule has 3 nitrogen and oxygen atoms in total. The number of nitrogens with one attached hydrogen (secondary N) is 1. The number of hydrogen-bond acceptors (Lipinski definition) is 3. The van der Waals surface area contributed by atoms with Crippen LogP contribution in [0.4, 0.5) is 5.13 Å². The van der Waals surface area contributed by atoms with Gasteiger partial charge in [-0.05, 0) is 43.2 Å². The van der Waals surface area contributed by atoms with Crippen LogP contribution < -0.4 is 5.32 Å². The second-order valence-corrected chi connectivity index (χ2v) is 7.86. The van der Waals surface area contributed by atoms with Crippen LogP contribution in [-0.2, 0) is 6.42 Å². The number of thiazole rings is 1. The first-order valence-electron chi connectivity index (χ1n) is 8.31. The van der Waals surface area contributed by atoms with E-state index in [1.54, 1.807) is 12.1 Å². The fourth-order valence-electron chi connectivity index (χ4n) is 2.69. The van der Waals surface area contributed by atoms with Crippen LogP contribution in [0.3, 0.4) is 0 Å². The zero-order valence-corrected chi connectivity index (χ0v) is 16.8. The highest BCUT2D eigenvalue weighted by atomic mass is 35.5. The zero-order chi connectivity index (χ0) is 18.7. The van der Waals surface area contributed by atoms with Gasteiger partial charge in [0.1, 0.15) is 0 Å². The van der Waals surface area contributed by atoms with E-state index in [2.05, 4.69) is 17.2 Å². The standard InChI is InChI=1S/C20H18Cl2N2OS/c1-3-6-17-18(15-10-9-13(21)11-16(15)22)23-20(26-17)24-19(25)14-8-5-4-7-12(14)2/h4-5,7-11H,3,6H2,1-2H3,(H,23,24,25). The number of halogens is 2. The summed E-state index contributed by atoms with van der Waals surface area (Å²) in [6, 6.07) is 12.9. The first kappa shape index (κ1) is 18.9. The molecule has 3 rings (SSSR count). The maximum absolute atomic E-state index is 12.6. The highest BCUT2D eigenvalue weighted by Gasteiger charge is 2.17. The molecule has 3 aromatic rings. The van der Waals surface area contributed by atoms with E-state index in [1.807, 2.05) is 37.3 Å². The van der Waals surface area contributed by atoms with Crippen molar-refractivity contribution in [2.75, 3.05) is 5.32 Å². The van der Waals surface area contributed by atoms with Crippen LogP contribution in [0.1, 0.15) is 34.1 Å². The van der Waals surface area contributed by atoms with Crippen LogP contribution in [0.2, 0.25) is 10.0 Å². The van der Waals surface area contributed by atoms with Crippen LogP contribution in [0.15, 0.2) is 42.5 Å². The lowest BCUT2D eigenvalue weighted by Crippen LogP contribution is -2.12. The molecular formula is C20H18Cl2N2OS. The summed E-state index contributed by atoms with van der Waals surface area (Å²) in [4.78, 5) is 18.3. The highest BCUT2D eigenvalue weighted by Crippen LogP contribution is 2.37. The molecule has 1 N–H and O–H groups in total. The Bertz CT molecular complexity index is 953. The molecule has 6 heteroatoms. The molecule has 0 bridgehead atoms. The van der Waals surface area contributed by atoms with Gasteiger partial charge in [0.15, 0.2) is 5.13 Å². The fraction of sp³-hybridized carbons (Fsp3) is 0.200. The second-order valence-electron chi connectivity index (χ2n) is 5.93. The van der Waals surface area contributed by atoms with Gasteiger partial charge >= 0.3 is 0 Å². The molecule has 0 aliphatic heterocycles. The zero-order valence-electron chi connectivity index (χ0n) is 14.5. The third kappa shape index (κ3) is 4.09. The van der Waals surface area contributed by atoms with Crippen molar-refractivity contribution in [3.05, 3.63) is 68.5 Å². The molecule has 0 aliphatic carbocycles. The van der Waals surface area contributed by atoms with Gasteiger partial charge in [0.05, 0.1) is 10.7 Å². The number of amides is 1. The van der Waals surface area contributed by atoms with Gasteiger partial charge < -0.3 is 0 Å². The Morgan fingerprint density at radius 1 is 1.19 bits per heavy atom. The molecule has 0 spiro atoms. The summed E-state index contributed by atoms with van der Waals surface area (Å²) >= 11 is 13.8. The average molecular weight is 405 g/mol. The van der Waals surface area contributed by atoms with Gasteiger partial charge in [-0.1, -0.05) is 54.7 Å². The number of carbonyl (C=O) groups is 1. The molecule has 0 radical (unpaired) electrons. The van der Waals surface area contributed by atoms with Crippen LogP contribution in [0, 0.1) is 6.92 Å². The summed E-state index contributed by atoms with van der Waals surface area (Å²) in [5.41, 5.74) is 3.20. The monoisotopic (exact) mass is 404 g/mol. The van der Waals surface area contributed by atoms with Crippen molar-refractivity contribution in [2.45, 2.75) is 26.7 Å².